The number of hydrogen-bond donors (Lipinski definition) is 0. The van der Waals surface area contributed by atoms with Gasteiger partial charge in [-0.25, -0.2) is 0 Å². The van der Waals surface area contributed by atoms with Gasteiger partial charge in [-0.3, -0.25) is 0 Å². The van der Waals surface area contributed by atoms with E-state index in [-0.39, 0.29) is 0 Å². The fourth-order valence-electron chi connectivity index (χ4n) is 2.12. The molecule has 0 saturated carbocycles. The van der Waals surface area contributed by atoms with Crippen molar-refractivity contribution in [3.05, 3.63) is 42.5 Å². The Hall–Kier alpha value is -2.49. The van der Waals surface area contributed by atoms with Crippen LogP contribution in [0, 0.1) is 0 Å². The summed E-state index contributed by atoms with van der Waals surface area (Å²) in [7, 11) is 3.18. The minimum atomic E-state index is 0.565. The second kappa shape index (κ2) is 6.79. The van der Waals surface area contributed by atoms with Crippen LogP contribution in [0.25, 0.3) is 22.2 Å². The first-order valence-electron chi connectivity index (χ1n) is 6.91. The van der Waals surface area contributed by atoms with Crippen molar-refractivity contribution < 1.29 is 14.0 Å². The smallest absolute Gasteiger partial charge is 0.213 e. The van der Waals surface area contributed by atoms with Crippen molar-refractivity contribution in [1.29, 1.82) is 0 Å². The lowest BCUT2D eigenvalue weighted by Gasteiger charge is -2.06. The molecule has 1 heterocycles. The highest BCUT2D eigenvalue weighted by molar-refractivity contribution is 5.96. The quantitative estimate of drug-likeness (QED) is 0.708. The second-order valence-corrected chi connectivity index (χ2v) is 4.07. The van der Waals surface area contributed by atoms with Crippen molar-refractivity contribution in [3.8, 4) is 22.8 Å². The molecule has 0 aliphatic carbocycles. The monoisotopic (exact) mass is 285 g/mol. The van der Waals surface area contributed by atoms with Crippen molar-refractivity contribution in [3.63, 3.8) is 0 Å². The average Bonchev–Trinajstić information content (AvgIpc) is 3.00. The molecule has 0 saturated heterocycles. The molecule has 0 aliphatic heterocycles. The molecule has 0 amide bonds. The highest BCUT2D eigenvalue weighted by Crippen LogP contribution is 2.39. The van der Waals surface area contributed by atoms with Crippen molar-refractivity contribution in [2.24, 2.45) is 0 Å². The second-order valence-electron chi connectivity index (χ2n) is 4.07. The Morgan fingerprint density at radius 1 is 0.905 bits per heavy atom. The molecule has 1 aromatic heterocycles. The predicted octanol–water partition coefficient (Wildman–Crippen LogP) is 4.54. The molecule has 4 nitrogen and oxygen atoms in total. The van der Waals surface area contributed by atoms with Gasteiger partial charge in [0.2, 0.25) is 11.3 Å². The molecule has 0 radical (unpaired) electrons. The molecule has 3 rings (SSSR count). The third-order valence-corrected chi connectivity index (χ3v) is 3.03. The van der Waals surface area contributed by atoms with Crippen molar-refractivity contribution in [2.75, 3.05) is 14.2 Å². The molecule has 0 spiro atoms. The van der Waals surface area contributed by atoms with Crippen LogP contribution in [-0.4, -0.2) is 19.4 Å². The van der Waals surface area contributed by atoms with Gasteiger partial charge in [-0.05, 0) is 12.1 Å². The van der Waals surface area contributed by atoms with E-state index in [4.69, 9.17) is 14.0 Å². The molecule has 0 bridgehead atoms. The van der Waals surface area contributed by atoms with Gasteiger partial charge in [0.1, 0.15) is 5.69 Å². The Morgan fingerprint density at radius 3 is 2.24 bits per heavy atom. The van der Waals surface area contributed by atoms with Gasteiger partial charge in [0.15, 0.2) is 5.75 Å². The largest absolute Gasteiger partial charge is 0.493 e. The highest BCUT2D eigenvalue weighted by Gasteiger charge is 2.17. The lowest BCUT2D eigenvalue weighted by atomic mass is 10.1. The zero-order valence-electron chi connectivity index (χ0n) is 12.7. The SMILES string of the molecule is CC.COc1ccc2c(-c3ccccc3)noc2c1OC. The van der Waals surface area contributed by atoms with E-state index in [0.717, 1.165) is 16.6 Å². The summed E-state index contributed by atoms with van der Waals surface area (Å²) in [5.74, 6) is 1.19. The summed E-state index contributed by atoms with van der Waals surface area (Å²) in [6.45, 7) is 4.00. The van der Waals surface area contributed by atoms with Crippen LogP contribution >= 0.6 is 0 Å². The number of benzene rings is 2. The van der Waals surface area contributed by atoms with Crippen LogP contribution in [-0.2, 0) is 0 Å². The molecule has 3 aromatic rings. The summed E-state index contributed by atoms with van der Waals surface area (Å²) in [4.78, 5) is 0. The number of hydrogen-bond acceptors (Lipinski definition) is 4. The van der Waals surface area contributed by atoms with E-state index in [1.807, 2.05) is 56.3 Å². The summed E-state index contributed by atoms with van der Waals surface area (Å²) in [6, 6.07) is 13.7. The topological polar surface area (TPSA) is 44.5 Å². The maximum Gasteiger partial charge on any atom is 0.213 e. The van der Waals surface area contributed by atoms with Crippen LogP contribution in [0.15, 0.2) is 47.0 Å². The average molecular weight is 285 g/mol. The maximum atomic E-state index is 5.41. The van der Waals surface area contributed by atoms with Gasteiger partial charge in [-0.15, -0.1) is 0 Å². The summed E-state index contributed by atoms with van der Waals surface area (Å²) in [5.41, 5.74) is 2.41. The van der Waals surface area contributed by atoms with Gasteiger partial charge < -0.3 is 14.0 Å². The van der Waals surface area contributed by atoms with Gasteiger partial charge in [-0.2, -0.15) is 0 Å². The summed E-state index contributed by atoms with van der Waals surface area (Å²) >= 11 is 0. The molecule has 2 aromatic carbocycles. The van der Waals surface area contributed by atoms with Crippen LogP contribution < -0.4 is 9.47 Å². The number of methoxy groups -OCH3 is 2. The fraction of sp³-hybridized carbons (Fsp3) is 0.235. The Labute approximate surface area is 124 Å². The molecule has 0 atom stereocenters. The van der Waals surface area contributed by atoms with Crippen LogP contribution in [0.5, 0.6) is 11.5 Å². The third-order valence-electron chi connectivity index (χ3n) is 3.03. The summed E-state index contributed by atoms with van der Waals surface area (Å²) in [6.07, 6.45) is 0. The minimum Gasteiger partial charge on any atom is -0.493 e. The zero-order valence-corrected chi connectivity index (χ0v) is 12.7. The Morgan fingerprint density at radius 2 is 1.62 bits per heavy atom. The Kier molecular flexibility index (Phi) is 4.82. The first-order chi connectivity index (χ1) is 10.3. The summed E-state index contributed by atoms with van der Waals surface area (Å²) in [5, 5.41) is 5.05. The third kappa shape index (κ3) is 2.70. The van der Waals surface area contributed by atoms with E-state index >= 15 is 0 Å². The zero-order chi connectivity index (χ0) is 15.2. The van der Waals surface area contributed by atoms with E-state index in [1.54, 1.807) is 14.2 Å². The van der Waals surface area contributed by atoms with Crippen LogP contribution in [0.1, 0.15) is 13.8 Å². The van der Waals surface area contributed by atoms with Gasteiger partial charge >= 0.3 is 0 Å². The fourth-order valence-corrected chi connectivity index (χ4v) is 2.12. The lowest BCUT2D eigenvalue weighted by Crippen LogP contribution is -1.90. The lowest BCUT2D eigenvalue weighted by molar-refractivity contribution is 0.348. The number of ether oxygens (including phenoxy) is 2. The molecule has 0 N–H and O–H groups in total. The van der Waals surface area contributed by atoms with Crippen molar-refractivity contribution in [2.45, 2.75) is 13.8 Å². The number of aromatic nitrogens is 1. The normalized spacial score (nSPS) is 9.90. The standard InChI is InChI=1S/C15H13NO3.C2H6/c1-17-12-9-8-11-13(10-6-4-3-5-7-10)16-19-14(11)15(12)18-2;1-2/h3-9H,1-2H3;1-2H3. The molecule has 0 unspecified atom stereocenters. The van der Waals surface area contributed by atoms with Crippen LogP contribution in [0.2, 0.25) is 0 Å². The van der Waals surface area contributed by atoms with Gasteiger partial charge in [0.25, 0.3) is 0 Å². The molecular weight excluding hydrogens is 266 g/mol. The van der Waals surface area contributed by atoms with Gasteiger partial charge in [0.05, 0.1) is 19.6 Å². The maximum absolute atomic E-state index is 5.41. The first kappa shape index (κ1) is 14.9. The Bertz CT molecular complexity index is 705. The van der Waals surface area contributed by atoms with Crippen LogP contribution in [0.3, 0.4) is 0 Å². The van der Waals surface area contributed by atoms with Crippen LogP contribution in [0.4, 0.5) is 0 Å². The number of rotatable bonds is 3. The van der Waals surface area contributed by atoms with Crippen molar-refractivity contribution >= 4 is 11.0 Å². The first-order valence-corrected chi connectivity index (χ1v) is 6.91. The molecule has 21 heavy (non-hydrogen) atoms. The molecule has 4 heteroatoms. The van der Waals surface area contributed by atoms with E-state index in [2.05, 4.69) is 5.16 Å². The molecular formula is C17H19NO3. The van der Waals surface area contributed by atoms with Gasteiger partial charge in [0, 0.05) is 5.56 Å². The van der Waals surface area contributed by atoms with E-state index in [1.165, 1.54) is 0 Å². The minimum absolute atomic E-state index is 0.565. The number of fused-ring (bicyclic) bond motifs is 1. The summed E-state index contributed by atoms with van der Waals surface area (Å²) < 4.78 is 16.0. The molecule has 110 valence electrons. The van der Waals surface area contributed by atoms with E-state index < -0.39 is 0 Å². The molecule has 0 aliphatic rings. The van der Waals surface area contributed by atoms with Crippen molar-refractivity contribution in [1.82, 2.24) is 5.16 Å². The predicted molar refractivity (Wildman–Crippen MR) is 83.9 cm³/mol. The molecule has 0 fully saturated rings. The van der Waals surface area contributed by atoms with Gasteiger partial charge in [-0.1, -0.05) is 49.3 Å². The highest BCUT2D eigenvalue weighted by atomic mass is 16.5. The van der Waals surface area contributed by atoms with E-state index in [0.29, 0.717) is 17.1 Å². The number of nitrogens with zero attached hydrogens (tertiary/aromatic N) is 1. The Balaban J connectivity index is 0.000000774. The van der Waals surface area contributed by atoms with E-state index in [9.17, 15) is 0 Å².